The van der Waals surface area contributed by atoms with Gasteiger partial charge in [0.2, 0.25) is 0 Å². The Labute approximate surface area is 105 Å². The molecule has 4 nitrogen and oxygen atoms in total. The Balaban J connectivity index is 2.12. The second kappa shape index (κ2) is 5.16. The highest BCUT2D eigenvalue weighted by Gasteiger charge is 2.18. The number of hydrogen-bond acceptors (Lipinski definition) is 4. The lowest BCUT2D eigenvalue weighted by Crippen LogP contribution is -2.05. The summed E-state index contributed by atoms with van der Waals surface area (Å²) in [5.41, 5.74) is 0. The summed E-state index contributed by atoms with van der Waals surface area (Å²) < 4.78 is 24.0. The molecule has 0 fully saturated rings. The van der Waals surface area contributed by atoms with E-state index in [2.05, 4.69) is 10.1 Å². The lowest BCUT2D eigenvalue weighted by Gasteiger charge is -2.10. The molecular formula is C13H15FN2O2. The number of benzene rings is 1. The van der Waals surface area contributed by atoms with Crippen molar-refractivity contribution in [1.82, 2.24) is 10.1 Å². The normalized spacial score (nSPS) is 12.7. The van der Waals surface area contributed by atoms with Crippen molar-refractivity contribution in [3.8, 4) is 5.75 Å². The van der Waals surface area contributed by atoms with Gasteiger partial charge in [-0.1, -0.05) is 31.1 Å². The molecule has 2 aromatic rings. The van der Waals surface area contributed by atoms with Crippen LogP contribution in [0.2, 0.25) is 0 Å². The second-order valence-electron chi connectivity index (χ2n) is 4.34. The van der Waals surface area contributed by atoms with Gasteiger partial charge in [-0.3, -0.25) is 0 Å². The molecule has 0 aliphatic carbocycles. The summed E-state index contributed by atoms with van der Waals surface area (Å²) in [6.07, 6.45) is -0.484. The first kappa shape index (κ1) is 12.5. The Hall–Kier alpha value is -1.91. The van der Waals surface area contributed by atoms with Crippen molar-refractivity contribution in [2.45, 2.75) is 32.8 Å². The van der Waals surface area contributed by atoms with E-state index in [1.54, 1.807) is 25.1 Å². The summed E-state index contributed by atoms with van der Waals surface area (Å²) in [5.74, 6) is 0.918. The third-order valence-electron chi connectivity index (χ3n) is 2.46. The third-order valence-corrected chi connectivity index (χ3v) is 2.46. The first-order valence-electron chi connectivity index (χ1n) is 5.82. The highest BCUT2D eigenvalue weighted by Crippen LogP contribution is 2.23. The van der Waals surface area contributed by atoms with Gasteiger partial charge in [0.25, 0.3) is 5.89 Å². The van der Waals surface area contributed by atoms with Crippen molar-refractivity contribution in [1.29, 1.82) is 0 Å². The van der Waals surface area contributed by atoms with E-state index in [-0.39, 0.29) is 11.7 Å². The van der Waals surface area contributed by atoms with Crippen LogP contribution < -0.4 is 4.74 Å². The van der Waals surface area contributed by atoms with Crippen LogP contribution in [0, 0.1) is 5.82 Å². The number of rotatable bonds is 4. The van der Waals surface area contributed by atoms with Crippen LogP contribution in [0.1, 0.15) is 44.5 Å². The van der Waals surface area contributed by atoms with E-state index in [4.69, 9.17) is 9.26 Å². The summed E-state index contributed by atoms with van der Waals surface area (Å²) in [4.78, 5) is 4.21. The zero-order valence-electron chi connectivity index (χ0n) is 10.6. The summed E-state index contributed by atoms with van der Waals surface area (Å²) in [5, 5.41) is 3.84. The van der Waals surface area contributed by atoms with Crippen molar-refractivity contribution in [3.05, 3.63) is 41.8 Å². The SMILES string of the molecule is CC(C)c1noc([C@H](C)Oc2ccccc2F)n1. The van der Waals surface area contributed by atoms with Crippen LogP contribution >= 0.6 is 0 Å². The van der Waals surface area contributed by atoms with Crippen LogP contribution in [0.25, 0.3) is 0 Å². The number of ether oxygens (including phenoxy) is 1. The molecule has 0 bridgehead atoms. The minimum Gasteiger partial charge on any atom is -0.478 e. The van der Waals surface area contributed by atoms with Crippen LogP contribution in [0.5, 0.6) is 5.75 Å². The molecule has 1 aromatic heterocycles. The van der Waals surface area contributed by atoms with E-state index < -0.39 is 11.9 Å². The zero-order valence-corrected chi connectivity index (χ0v) is 10.6. The Kier molecular flexibility index (Phi) is 3.60. The van der Waals surface area contributed by atoms with Gasteiger partial charge in [-0.25, -0.2) is 4.39 Å². The van der Waals surface area contributed by atoms with Crippen molar-refractivity contribution in [2.75, 3.05) is 0 Å². The average molecular weight is 250 g/mol. The van der Waals surface area contributed by atoms with Gasteiger partial charge < -0.3 is 9.26 Å². The summed E-state index contributed by atoms with van der Waals surface area (Å²) in [6.45, 7) is 5.68. The molecule has 0 aliphatic rings. The largest absolute Gasteiger partial charge is 0.478 e. The number of aromatic nitrogens is 2. The lowest BCUT2D eigenvalue weighted by atomic mass is 10.2. The van der Waals surface area contributed by atoms with Gasteiger partial charge in [-0.2, -0.15) is 4.98 Å². The minimum atomic E-state index is -0.484. The molecule has 0 saturated carbocycles. The van der Waals surface area contributed by atoms with E-state index in [1.807, 2.05) is 13.8 Å². The van der Waals surface area contributed by atoms with Crippen LogP contribution in [0.15, 0.2) is 28.8 Å². The van der Waals surface area contributed by atoms with Crippen molar-refractivity contribution in [3.63, 3.8) is 0 Å². The maximum atomic E-state index is 13.4. The summed E-state index contributed by atoms with van der Waals surface area (Å²) in [7, 11) is 0. The standard InChI is InChI=1S/C13H15FN2O2/c1-8(2)12-15-13(18-16-12)9(3)17-11-7-5-4-6-10(11)14/h4-9H,1-3H3/t9-/m0/s1. The number of para-hydroxylation sites is 1. The molecule has 0 N–H and O–H groups in total. The Morgan fingerprint density at radius 1 is 1.22 bits per heavy atom. The topological polar surface area (TPSA) is 48.2 Å². The van der Waals surface area contributed by atoms with Gasteiger partial charge in [0.05, 0.1) is 0 Å². The fourth-order valence-corrected chi connectivity index (χ4v) is 1.43. The molecule has 1 aromatic carbocycles. The monoisotopic (exact) mass is 250 g/mol. The summed E-state index contributed by atoms with van der Waals surface area (Å²) in [6, 6.07) is 6.22. The molecule has 0 saturated heterocycles. The minimum absolute atomic E-state index is 0.175. The summed E-state index contributed by atoms with van der Waals surface area (Å²) >= 11 is 0. The second-order valence-corrected chi connectivity index (χ2v) is 4.34. The van der Waals surface area contributed by atoms with Crippen LogP contribution in [0.4, 0.5) is 4.39 Å². The van der Waals surface area contributed by atoms with Gasteiger partial charge in [-0.15, -0.1) is 0 Å². The first-order valence-corrected chi connectivity index (χ1v) is 5.82. The van der Waals surface area contributed by atoms with Gasteiger partial charge in [0, 0.05) is 5.92 Å². The van der Waals surface area contributed by atoms with E-state index in [0.29, 0.717) is 11.7 Å². The van der Waals surface area contributed by atoms with Crippen molar-refractivity contribution >= 4 is 0 Å². The molecule has 2 rings (SSSR count). The quantitative estimate of drug-likeness (QED) is 0.833. The van der Waals surface area contributed by atoms with E-state index in [9.17, 15) is 4.39 Å². The molecular weight excluding hydrogens is 235 g/mol. The molecule has 0 aliphatic heterocycles. The average Bonchev–Trinajstić information content (AvgIpc) is 2.81. The first-order chi connectivity index (χ1) is 8.58. The predicted octanol–water partition coefficient (Wildman–Crippen LogP) is 3.47. The van der Waals surface area contributed by atoms with E-state index >= 15 is 0 Å². The van der Waals surface area contributed by atoms with Crippen molar-refractivity contribution < 1.29 is 13.7 Å². The van der Waals surface area contributed by atoms with Gasteiger partial charge in [0.1, 0.15) is 0 Å². The molecule has 0 amide bonds. The van der Waals surface area contributed by atoms with Crippen molar-refractivity contribution in [2.24, 2.45) is 0 Å². The number of nitrogens with zero attached hydrogens (tertiary/aromatic N) is 2. The Morgan fingerprint density at radius 3 is 2.56 bits per heavy atom. The third kappa shape index (κ3) is 2.67. The zero-order chi connectivity index (χ0) is 13.1. The molecule has 18 heavy (non-hydrogen) atoms. The molecule has 1 heterocycles. The highest BCUT2D eigenvalue weighted by atomic mass is 19.1. The molecule has 0 spiro atoms. The maximum absolute atomic E-state index is 13.4. The molecule has 0 unspecified atom stereocenters. The molecule has 96 valence electrons. The highest BCUT2D eigenvalue weighted by molar-refractivity contribution is 5.24. The maximum Gasteiger partial charge on any atom is 0.267 e. The van der Waals surface area contributed by atoms with Gasteiger partial charge in [-0.05, 0) is 19.1 Å². The molecule has 0 radical (unpaired) electrons. The van der Waals surface area contributed by atoms with Gasteiger partial charge >= 0.3 is 0 Å². The van der Waals surface area contributed by atoms with Crippen LogP contribution in [-0.4, -0.2) is 10.1 Å². The lowest BCUT2D eigenvalue weighted by molar-refractivity contribution is 0.169. The molecule has 5 heteroatoms. The van der Waals surface area contributed by atoms with E-state index in [0.717, 1.165) is 0 Å². The fourth-order valence-electron chi connectivity index (χ4n) is 1.43. The fraction of sp³-hybridized carbons (Fsp3) is 0.385. The van der Waals surface area contributed by atoms with Crippen LogP contribution in [0.3, 0.4) is 0 Å². The predicted molar refractivity (Wildman–Crippen MR) is 63.8 cm³/mol. The van der Waals surface area contributed by atoms with Crippen LogP contribution in [-0.2, 0) is 0 Å². The number of halogens is 1. The van der Waals surface area contributed by atoms with Gasteiger partial charge in [0.15, 0.2) is 23.5 Å². The Bertz CT molecular complexity index is 525. The molecule has 1 atom stereocenters. The Morgan fingerprint density at radius 2 is 1.94 bits per heavy atom. The number of hydrogen-bond donors (Lipinski definition) is 0. The smallest absolute Gasteiger partial charge is 0.267 e. The van der Waals surface area contributed by atoms with E-state index in [1.165, 1.54) is 6.07 Å².